The van der Waals surface area contributed by atoms with Crippen LogP contribution in [-0.4, -0.2) is 85.7 Å². The maximum Gasteiger partial charge on any atom is 0.325 e. The number of amides is 1. The topological polar surface area (TPSA) is 134 Å². The van der Waals surface area contributed by atoms with Crippen LogP contribution in [0.25, 0.3) is 22.5 Å². The average molecular weight is 542 g/mol. The number of carbonyl (C=O) groups is 3. The second kappa shape index (κ2) is 10.7. The summed E-state index contributed by atoms with van der Waals surface area (Å²) in [5.74, 6) is -2.43. The summed E-state index contributed by atoms with van der Waals surface area (Å²) in [6.07, 6.45) is 3.35. The predicted octanol–water partition coefficient (Wildman–Crippen LogP) is 2.65. The van der Waals surface area contributed by atoms with Crippen molar-refractivity contribution in [1.82, 2.24) is 30.4 Å². The van der Waals surface area contributed by atoms with Gasteiger partial charge < -0.3 is 9.64 Å². The Balaban J connectivity index is 1.24. The van der Waals surface area contributed by atoms with Crippen molar-refractivity contribution in [3.8, 4) is 22.5 Å². The zero-order valence-corrected chi connectivity index (χ0v) is 22.5. The van der Waals surface area contributed by atoms with Crippen LogP contribution in [0.1, 0.15) is 38.2 Å². The number of H-pyrrole nitrogens is 1. The Morgan fingerprint density at radius 2 is 1.85 bits per heavy atom. The summed E-state index contributed by atoms with van der Waals surface area (Å²) in [6.45, 7) is 3.16. The number of ether oxygens (including phenoxy) is 1. The van der Waals surface area contributed by atoms with Gasteiger partial charge in [-0.3, -0.25) is 24.3 Å². The maximum atomic E-state index is 13.1. The van der Waals surface area contributed by atoms with E-state index in [0.717, 1.165) is 47.2 Å². The fourth-order valence-electron chi connectivity index (χ4n) is 6.12. The molecule has 1 aromatic heterocycles. The third kappa shape index (κ3) is 4.49. The van der Waals surface area contributed by atoms with E-state index in [1.807, 2.05) is 24.3 Å². The molecule has 0 aliphatic carbocycles. The molecular weight excluding hydrogens is 510 g/mol. The molecule has 4 atom stereocenters. The SMILES string of the molecule is CCCCC1N=C2CC3C(=O)C(C(=O)OC)C(=O)N3CC2N1Cc1ccc(-c2ccccc2-c2nn[nH]n2)cc1. The number of hydrogen-bond donors (Lipinski definition) is 1. The van der Waals surface area contributed by atoms with E-state index in [1.165, 1.54) is 7.11 Å². The Hall–Kier alpha value is -4.25. The lowest BCUT2D eigenvalue weighted by atomic mass is 9.93. The van der Waals surface area contributed by atoms with Gasteiger partial charge in [-0.05, 0) is 28.3 Å². The van der Waals surface area contributed by atoms with Crippen LogP contribution in [0, 0.1) is 5.92 Å². The molecule has 2 aromatic carbocycles. The Kier molecular flexibility index (Phi) is 6.97. The van der Waals surface area contributed by atoms with Crippen molar-refractivity contribution in [2.45, 2.75) is 57.4 Å². The van der Waals surface area contributed by atoms with Gasteiger partial charge in [-0.25, -0.2) is 0 Å². The molecule has 0 spiro atoms. The van der Waals surface area contributed by atoms with Gasteiger partial charge in [0.2, 0.25) is 11.7 Å². The molecule has 11 heteroatoms. The maximum absolute atomic E-state index is 13.1. The van der Waals surface area contributed by atoms with Crippen LogP contribution in [0.3, 0.4) is 0 Å². The first-order chi connectivity index (χ1) is 19.5. The van der Waals surface area contributed by atoms with E-state index in [-0.39, 0.29) is 18.0 Å². The highest BCUT2D eigenvalue weighted by Crippen LogP contribution is 2.36. The Morgan fingerprint density at radius 3 is 2.55 bits per heavy atom. The van der Waals surface area contributed by atoms with Crippen molar-refractivity contribution in [2.75, 3.05) is 13.7 Å². The molecular formula is C29H31N7O4. The number of unbranched alkanes of at least 4 members (excludes halogenated alkanes) is 1. The normalized spacial score (nSPS) is 24.1. The number of benzene rings is 2. The van der Waals surface area contributed by atoms with Crippen molar-refractivity contribution in [3.63, 3.8) is 0 Å². The minimum atomic E-state index is -1.36. The molecule has 40 heavy (non-hydrogen) atoms. The molecule has 11 nitrogen and oxygen atoms in total. The molecule has 2 fully saturated rings. The fourth-order valence-corrected chi connectivity index (χ4v) is 6.12. The van der Waals surface area contributed by atoms with Crippen LogP contribution in [0.2, 0.25) is 0 Å². The lowest BCUT2D eigenvalue weighted by Gasteiger charge is -2.38. The van der Waals surface area contributed by atoms with E-state index in [2.05, 4.69) is 56.7 Å². The number of methoxy groups -OCH3 is 1. The first kappa shape index (κ1) is 26.0. The predicted molar refractivity (Wildman–Crippen MR) is 146 cm³/mol. The number of Topliss-reactive ketones (excluding diaryl/α,β-unsaturated/α-hetero) is 1. The highest BCUT2D eigenvalue weighted by molar-refractivity contribution is 6.24. The summed E-state index contributed by atoms with van der Waals surface area (Å²) in [5.41, 5.74) is 5.02. The number of tetrazole rings is 1. The number of fused-ring (bicyclic) bond motifs is 2. The van der Waals surface area contributed by atoms with E-state index in [0.29, 0.717) is 25.3 Å². The van der Waals surface area contributed by atoms with Crippen LogP contribution in [0.4, 0.5) is 0 Å². The minimum Gasteiger partial charge on any atom is -0.468 e. The van der Waals surface area contributed by atoms with E-state index in [9.17, 15) is 14.4 Å². The molecule has 1 amide bonds. The molecule has 4 unspecified atom stereocenters. The Labute approximate surface area is 231 Å². The lowest BCUT2D eigenvalue weighted by molar-refractivity contribution is -0.152. The smallest absolute Gasteiger partial charge is 0.325 e. The average Bonchev–Trinajstić information content (AvgIpc) is 3.69. The monoisotopic (exact) mass is 541 g/mol. The number of nitrogens with zero attached hydrogens (tertiary/aromatic N) is 6. The standard InChI is InChI=1S/C29H31N7O4/c1-3-4-9-24-30-21-14-22-26(37)25(29(39)40-2)28(38)36(22)16-23(21)35(24)15-17-10-12-18(13-11-17)19-7-5-6-8-20(19)27-31-33-34-32-27/h5-8,10-13,22-25H,3-4,9,14-16H2,1-2H3,(H,31,32,33,34). The molecule has 1 N–H and O–H groups in total. The van der Waals surface area contributed by atoms with Gasteiger partial charge in [0.25, 0.3) is 0 Å². The summed E-state index contributed by atoms with van der Waals surface area (Å²) >= 11 is 0. The van der Waals surface area contributed by atoms with Gasteiger partial charge >= 0.3 is 5.97 Å². The van der Waals surface area contributed by atoms with Gasteiger partial charge in [0.05, 0.1) is 19.2 Å². The van der Waals surface area contributed by atoms with Crippen molar-refractivity contribution in [3.05, 3.63) is 54.1 Å². The molecule has 3 aromatic rings. The molecule has 0 saturated carbocycles. The quantitative estimate of drug-likeness (QED) is 0.340. The van der Waals surface area contributed by atoms with Crippen LogP contribution >= 0.6 is 0 Å². The van der Waals surface area contributed by atoms with Gasteiger partial charge in [-0.15, -0.1) is 10.2 Å². The lowest BCUT2D eigenvalue weighted by Crippen LogP contribution is -2.55. The third-order valence-corrected chi connectivity index (χ3v) is 8.17. The number of esters is 1. The first-order valence-electron chi connectivity index (χ1n) is 13.7. The van der Waals surface area contributed by atoms with Gasteiger partial charge in [0.15, 0.2) is 11.7 Å². The van der Waals surface area contributed by atoms with E-state index < -0.39 is 23.8 Å². The molecule has 3 aliphatic heterocycles. The number of rotatable bonds is 8. The summed E-state index contributed by atoms with van der Waals surface area (Å²) in [5, 5.41) is 14.5. The Bertz CT molecular complexity index is 1450. The van der Waals surface area contributed by atoms with E-state index in [1.54, 1.807) is 4.90 Å². The molecule has 6 rings (SSSR count). The van der Waals surface area contributed by atoms with Gasteiger partial charge in [-0.1, -0.05) is 68.3 Å². The summed E-state index contributed by atoms with van der Waals surface area (Å²) < 4.78 is 4.75. The fraction of sp³-hybridized carbons (Fsp3) is 0.414. The number of aromatic amines is 1. The van der Waals surface area contributed by atoms with Crippen molar-refractivity contribution >= 4 is 23.4 Å². The van der Waals surface area contributed by atoms with E-state index >= 15 is 0 Å². The number of piperidine rings is 1. The molecule has 0 radical (unpaired) electrons. The van der Waals surface area contributed by atoms with Gasteiger partial charge in [0, 0.05) is 30.8 Å². The number of aliphatic imine (C=N–C) groups is 1. The second-order valence-corrected chi connectivity index (χ2v) is 10.5. The van der Waals surface area contributed by atoms with E-state index in [4.69, 9.17) is 9.73 Å². The zero-order chi connectivity index (χ0) is 27.8. The summed E-state index contributed by atoms with van der Waals surface area (Å²) in [4.78, 5) is 47.2. The number of ketones is 1. The molecule has 4 heterocycles. The Morgan fingerprint density at radius 1 is 1.07 bits per heavy atom. The molecule has 0 bridgehead atoms. The van der Waals surface area contributed by atoms with Crippen molar-refractivity contribution in [1.29, 1.82) is 0 Å². The largest absolute Gasteiger partial charge is 0.468 e. The number of aromatic nitrogens is 4. The molecule has 206 valence electrons. The first-order valence-corrected chi connectivity index (χ1v) is 13.7. The van der Waals surface area contributed by atoms with Gasteiger partial charge in [0.1, 0.15) is 6.17 Å². The zero-order valence-electron chi connectivity index (χ0n) is 22.5. The molecule has 2 saturated heterocycles. The second-order valence-electron chi connectivity index (χ2n) is 10.5. The van der Waals surface area contributed by atoms with Crippen LogP contribution in [0.5, 0.6) is 0 Å². The van der Waals surface area contributed by atoms with Crippen LogP contribution < -0.4 is 0 Å². The third-order valence-electron chi connectivity index (χ3n) is 8.17. The van der Waals surface area contributed by atoms with Crippen LogP contribution in [-0.2, 0) is 25.7 Å². The summed E-state index contributed by atoms with van der Waals surface area (Å²) in [7, 11) is 1.20. The highest BCUT2D eigenvalue weighted by atomic mass is 16.5. The van der Waals surface area contributed by atoms with Crippen molar-refractivity contribution < 1.29 is 19.1 Å². The van der Waals surface area contributed by atoms with Crippen LogP contribution in [0.15, 0.2) is 53.5 Å². The number of nitrogens with one attached hydrogen (secondary N) is 1. The van der Waals surface area contributed by atoms with Crippen molar-refractivity contribution in [2.24, 2.45) is 10.9 Å². The molecule has 3 aliphatic rings. The number of hydrogen-bond acceptors (Lipinski definition) is 9. The minimum absolute atomic E-state index is 0.0137. The summed E-state index contributed by atoms with van der Waals surface area (Å²) in [6, 6.07) is 15.6. The number of carbonyl (C=O) groups excluding carboxylic acids is 3. The van der Waals surface area contributed by atoms with Gasteiger partial charge in [-0.2, -0.15) is 5.21 Å². The highest BCUT2D eigenvalue weighted by Gasteiger charge is 2.56.